The van der Waals surface area contributed by atoms with Crippen LogP contribution in [0.25, 0.3) is 17.0 Å². The molecule has 3 heterocycles. The van der Waals surface area contributed by atoms with E-state index < -0.39 is 17.4 Å². The molecule has 10 heteroatoms. The maximum atomic E-state index is 13.1. The number of carbonyl (C=O) groups is 1. The van der Waals surface area contributed by atoms with Crippen LogP contribution in [0.1, 0.15) is 12.5 Å². The Hall–Kier alpha value is -4.70. The van der Waals surface area contributed by atoms with E-state index in [0.29, 0.717) is 17.0 Å². The Kier molecular flexibility index (Phi) is 6.09. The Morgan fingerprint density at radius 2 is 1.83 bits per heavy atom. The highest BCUT2D eigenvalue weighted by atomic mass is 16.3. The molecule has 2 aromatic heterocycles. The van der Waals surface area contributed by atoms with Gasteiger partial charge >= 0.3 is 5.69 Å². The molecule has 0 spiro atoms. The van der Waals surface area contributed by atoms with Gasteiger partial charge in [0.05, 0.1) is 29.6 Å². The maximum absolute atomic E-state index is 13.1. The molecule has 1 atom stereocenters. The molecular weight excluding hydrogens is 460 g/mol. The molecule has 1 aliphatic heterocycles. The largest absolute Gasteiger partial charge is 0.389 e. The lowest BCUT2D eigenvalue weighted by molar-refractivity contribution is -0.114. The monoisotopic (exact) mass is 484 g/mol. The summed E-state index contributed by atoms with van der Waals surface area (Å²) in [6.45, 7) is 2.14. The summed E-state index contributed by atoms with van der Waals surface area (Å²) in [6, 6.07) is 17.0. The van der Waals surface area contributed by atoms with Crippen LogP contribution in [-0.4, -0.2) is 43.9 Å². The van der Waals surface area contributed by atoms with Crippen molar-refractivity contribution in [2.75, 3.05) is 16.9 Å². The number of hydrogen-bond donors (Lipinski definition) is 4. The number of rotatable bonds is 7. The van der Waals surface area contributed by atoms with E-state index in [0.717, 1.165) is 16.5 Å². The third kappa shape index (κ3) is 4.49. The van der Waals surface area contributed by atoms with Gasteiger partial charge in [-0.25, -0.2) is 4.79 Å². The van der Waals surface area contributed by atoms with E-state index in [-0.39, 0.29) is 24.7 Å². The fourth-order valence-corrected chi connectivity index (χ4v) is 4.19. The number of anilines is 2. The smallest absolute Gasteiger partial charge is 0.325 e. The first kappa shape index (κ1) is 23.1. The molecule has 1 amide bonds. The number of para-hydroxylation sites is 2. The van der Waals surface area contributed by atoms with Crippen LogP contribution in [0.15, 0.2) is 87.3 Å². The van der Waals surface area contributed by atoms with Crippen molar-refractivity contribution >= 4 is 40.0 Å². The van der Waals surface area contributed by atoms with E-state index in [1.54, 1.807) is 6.92 Å². The zero-order chi connectivity index (χ0) is 25.2. The Balaban J connectivity index is 1.39. The van der Waals surface area contributed by atoms with Gasteiger partial charge in [-0.2, -0.15) is 10.1 Å². The van der Waals surface area contributed by atoms with Gasteiger partial charge in [-0.3, -0.25) is 14.6 Å². The van der Waals surface area contributed by atoms with Crippen molar-refractivity contribution in [2.24, 2.45) is 5.10 Å². The first-order valence-electron chi connectivity index (χ1n) is 11.4. The van der Waals surface area contributed by atoms with Crippen LogP contribution in [0.2, 0.25) is 0 Å². The Bertz CT molecular complexity index is 1610. The number of hydrazone groups is 1. The second-order valence-corrected chi connectivity index (χ2v) is 8.47. The van der Waals surface area contributed by atoms with E-state index >= 15 is 0 Å². The fraction of sp³-hybridized carbons (Fsp3) is 0.154. The lowest BCUT2D eigenvalue weighted by Crippen LogP contribution is -2.29. The van der Waals surface area contributed by atoms with E-state index in [4.69, 9.17) is 0 Å². The fourth-order valence-electron chi connectivity index (χ4n) is 4.19. The van der Waals surface area contributed by atoms with Gasteiger partial charge < -0.3 is 20.0 Å². The summed E-state index contributed by atoms with van der Waals surface area (Å²) in [4.78, 5) is 40.7. The second-order valence-electron chi connectivity index (χ2n) is 8.47. The van der Waals surface area contributed by atoms with Gasteiger partial charge in [0.2, 0.25) is 0 Å². The Morgan fingerprint density at radius 1 is 1.08 bits per heavy atom. The minimum absolute atomic E-state index is 0.0916. The highest BCUT2D eigenvalue weighted by Gasteiger charge is 2.29. The third-order valence-corrected chi connectivity index (χ3v) is 5.94. The number of nitrogens with one attached hydrogen (secondary N) is 3. The number of aromatic amines is 2. The van der Waals surface area contributed by atoms with E-state index in [2.05, 4.69) is 20.4 Å². The van der Waals surface area contributed by atoms with E-state index in [1.165, 1.54) is 11.2 Å². The summed E-state index contributed by atoms with van der Waals surface area (Å²) in [5.74, 6) is -0.203. The zero-order valence-electron chi connectivity index (χ0n) is 19.4. The number of aliphatic hydroxyl groups is 1. The molecule has 0 radical (unpaired) electrons. The predicted octanol–water partition coefficient (Wildman–Crippen LogP) is 2.30. The van der Waals surface area contributed by atoms with Gasteiger partial charge in [-0.1, -0.05) is 36.4 Å². The number of benzene rings is 2. The molecule has 0 saturated heterocycles. The van der Waals surface area contributed by atoms with Gasteiger partial charge in [0, 0.05) is 35.4 Å². The maximum Gasteiger partial charge on any atom is 0.325 e. The molecular formula is C26H24N6O4. The summed E-state index contributed by atoms with van der Waals surface area (Å²) in [7, 11) is 0. The first-order chi connectivity index (χ1) is 17.4. The average molecular weight is 485 g/mol. The summed E-state index contributed by atoms with van der Waals surface area (Å²) in [5.41, 5.74) is 2.55. The van der Waals surface area contributed by atoms with Crippen molar-refractivity contribution in [3.63, 3.8) is 0 Å². The molecule has 2 aromatic carbocycles. The first-order valence-corrected chi connectivity index (χ1v) is 11.4. The molecule has 10 nitrogen and oxygen atoms in total. The minimum Gasteiger partial charge on any atom is -0.389 e. The van der Waals surface area contributed by atoms with Crippen molar-refractivity contribution in [3.8, 4) is 0 Å². The van der Waals surface area contributed by atoms with Gasteiger partial charge in [0.15, 0.2) is 0 Å². The van der Waals surface area contributed by atoms with Gasteiger partial charge in [0.1, 0.15) is 5.69 Å². The SMILES string of the molecule is CC1=NN(c2ccccc2)C(=O)C1=Cc1cn(CC(O)CNc2c[nH]c(=O)[nH]c2=O)c2ccccc12. The summed E-state index contributed by atoms with van der Waals surface area (Å²) in [6.07, 6.45) is 4.15. The number of aromatic nitrogens is 3. The van der Waals surface area contributed by atoms with E-state index in [9.17, 15) is 19.5 Å². The van der Waals surface area contributed by atoms with Crippen LogP contribution in [0.3, 0.4) is 0 Å². The van der Waals surface area contributed by atoms with Crippen LogP contribution in [0.4, 0.5) is 11.4 Å². The number of fused-ring (bicyclic) bond motifs is 1. The number of amides is 1. The van der Waals surface area contributed by atoms with Crippen LogP contribution in [-0.2, 0) is 11.3 Å². The van der Waals surface area contributed by atoms with Gasteiger partial charge in [0.25, 0.3) is 11.5 Å². The quantitative estimate of drug-likeness (QED) is 0.299. The van der Waals surface area contributed by atoms with Crippen LogP contribution in [0, 0.1) is 0 Å². The molecule has 1 unspecified atom stereocenters. The summed E-state index contributed by atoms with van der Waals surface area (Å²) >= 11 is 0. The molecule has 0 aliphatic carbocycles. The molecule has 0 saturated carbocycles. The molecule has 5 rings (SSSR count). The number of nitrogens with zero attached hydrogens (tertiary/aromatic N) is 3. The van der Waals surface area contributed by atoms with Crippen molar-refractivity contribution in [3.05, 3.63) is 99.0 Å². The molecule has 0 bridgehead atoms. The molecule has 1 aliphatic rings. The molecule has 36 heavy (non-hydrogen) atoms. The predicted molar refractivity (Wildman–Crippen MR) is 139 cm³/mol. The molecule has 4 aromatic rings. The van der Waals surface area contributed by atoms with Crippen molar-refractivity contribution in [1.82, 2.24) is 14.5 Å². The zero-order valence-corrected chi connectivity index (χ0v) is 19.4. The standard InChI is InChI=1S/C26H24N6O4/c1-16-21(25(35)32(30-16)18-7-3-2-4-8-18)11-17-14-31(23-10-6-5-9-20(17)23)15-19(33)12-27-22-13-28-26(36)29-24(22)34/h2-11,13-14,19,27,33H,12,15H2,1H3,(H2,28,29,34,36). The summed E-state index contributed by atoms with van der Waals surface area (Å²) in [5, 5.41) is 20.3. The van der Waals surface area contributed by atoms with Crippen molar-refractivity contribution < 1.29 is 9.90 Å². The van der Waals surface area contributed by atoms with Crippen molar-refractivity contribution in [2.45, 2.75) is 19.6 Å². The Morgan fingerprint density at radius 3 is 2.61 bits per heavy atom. The number of carbonyl (C=O) groups excluding carboxylic acids is 1. The second kappa shape index (κ2) is 9.51. The molecule has 182 valence electrons. The number of H-pyrrole nitrogens is 2. The van der Waals surface area contributed by atoms with Crippen LogP contribution >= 0.6 is 0 Å². The van der Waals surface area contributed by atoms with Gasteiger partial charge in [-0.15, -0.1) is 0 Å². The normalized spacial score (nSPS) is 15.5. The third-order valence-electron chi connectivity index (χ3n) is 5.94. The molecule has 0 fully saturated rings. The minimum atomic E-state index is -0.836. The lowest BCUT2D eigenvalue weighted by atomic mass is 10.1. The van der Waals surface area contributed by atoms with Crippen LogP contribution in [0.5, 0.6) is 0 Å². The molecule has 4 N–H and O–H groups in total. The van der Waals surface area contributed by atoms with Gasteiger partial charge in [-0.05, 0) is 31.2 Å². The van der Waals surface area contributed by atoms with E-state index in [1.807, 2.05) is 71.4 Å². The number of hydrogen-bond acceptors (Lipinski definition) is 6. The number of aliphatic hydroxyl groups excluding tert-OH is 1. The lowest BCUT2D eigenvalue weighted by Gasteiger charge is -2.14. The average Bonchev–Trinajstić information content (AvgIpc) is 3.36. The van der Waals surface area contributed by atoms with Crippen molar-refractivity contribution in [1.29, 1.82) is 0 Å². The highest BCUT2D eigenvalue weighted by Crippen LogP contribution is 2.28. The topological polar surface area (TPSA) is 136 Å². The Labute approximate surface area is 205 Å². The highest BCUT2D eigenvalue weighted by molar-refractivity contribution is 6.32. The summed E-state index contributed by atoms with van der Waals surface area (Å²) < 4.78 is 1.91. The van der Waals surface area contributed by atoms with Crippen LogP contribution < -0.4 is 21.6 Å².